The second-order valence-electron chi connectivity index (χ2n) is 4.45. The van der Waals surface area contributed by atoms with Crippen LogP contribution in [0.5, 0.6) is 0 Å². The lowest BCUT2D eigenvalue weighted by Crippen LogP contribution is -2.34. The molecule has 1 heterocycles. The number of hydrazine groups is 1. The number of rotatable bonds is 6. The molecule has 0 aliphatic heterocycles. The van der Waals surface area contributed by atoms with Crippen LogP contribution in [0.15, 0.2) is 52.0 Å². The molecule has 108 valence electrons. The molecule has 1 unspecified atom stereocenters. The van der Waals surface area contributed by atoms with Crippen molar-refractivity contribution in [3.63, 3.8) is 0 Å². The molecule has 0 radical (unpaired) electrons. The summed E-state index contributed by atoms with van der Waals surface area (Å²) in [5.74, 6) is 6.06. The van der Waals surface area contributed by atoms with E-state index in [-0.39, 0.29) is 10.9 Å². The van der Waals surface area contributed by atoms with Crippen LogP contribution in [0.2, 0.25) is 0 Å². The van der Waals surface area contributed by atoms with Gasteiger partial charge in [0.25, 0.3) is 0 Å². The van der Waals surface area contributed by atoms with Gasteiger partial charge in [-0.2, -0.15) is 0 Å². The number of nitrogen functional groups attached to an aromatic ring is 1. The molecule has 0 amide bonds. The zero-order chi connectivity index (χ0) is 14.6. The maximum atomic E-state index is 12.3. The third kappa shape index (κ3) is 3.38. The number of anilines is 1. The van der Waals surface area contributed by atoms with Gasteiger partial charge in [0, 0.05) is 12.5 Å². The lowest BCUT2D eigenvalue weighted by Gasteiger charge is -2.15. The zero-order valence-electron chi connectivity index (χ0n) is 11.0. The Labute approximate surface area is 118 Å². The summed E-state index contributed by atoms with van der Waals surface area (Å²) in [5, 5.41) is 0. The van der Waals surface area contributed by atoms with Gasteiger partial charge in [0.2, 0.25) is 10.0 Å². The molecule has 0 saturated carbocycles. The van der Waals surface area contributed by atoms with E-state index in [1.165, 1.54) is 6.07 Å². The molecule has 0 aliphatic carbocycles. The molecule has 1 aromatic carbocycles. The molecule has 0 fully saturated rings. The van der Waals surface area contributed by atoms with Gasteiger partial charge >= 0.3 is 0 Å². The van der Waals surface area contributed by atoms with Crippen molar-refractivity contribution in [2.24, 2.45) is 5.84 Å². The second kappa shape index (κ2) is 6.08. The van der Waals surface area contributed by atoms with E-state index in [4.69, 9.17) is 10.3 Å². The summed E-state index contributed by atoms with van der Waals surface area (Å²) in [5.41, 5.74) is 2.73. The minimum atomic E-state index is -3.64. The summed E-state index contributed by atoms with van der Waals surface area (Å²) in [7, 11) is -3.64. The molecule has 0 spiro atoms. The molecule has 20 heavy (non-hydrogen) atoms. The van der Waals surface area contributed by atoms with E-state index < -0.39 is 10.0 Å². The first kappa shape index (κ1) is 14.6. The minimum Gasteiger partial charge on any atom is -0.469 e. The Hall–Kier alpha value is -1.83. The van der Waals surface area contributed by atoms with E-state index in [0.717, 1.165) is 5.76 Å². The number of hydrogen-bond acceptors (Lipinski definition) is 5. The van der Waals surface area contributed by atoms with Crippen molar-refractivity contribution in [1.82, 2.24) is 4.72 Å². The Morgan fingerprint density at radius 2 is 2.00 bits per heavy atom. The van der Waals surface area contributed by atoms with Gasteiger partial charge in [0.05, 0.1) is 12.0 Å². The van der Waals surface area contributed by atoms with Gasteiger partial charge in [0.1, 0.15) is 10.7 Å². The topological polar surface area (TPSA) is 97.4 Å². The molecule has 2 rings (SSSR count). The predicted octanol–water partition coefficient (Wildman–Crippen LogP) is 1.47. The zero-order valence-corrected chi connectivity index (χ0v) is 11.9. The summed E-state index contributed by atoms with van der Waals surface area (Å²) in [6.07, 6.45) is 2.04. The van der Waals surface area contributed by atoms with Crippen molar-refractivity contribution in [3.05, 3.63) is 48.4 Å². The first-order valence-corrected chi connectivity index (χ1v) is 7.61. The average Bonchev–Trinajstić information content (AvgIpc) is 2.90. The van der Waals surface area contributed by atoms with Crippen molar-refractivity contribution in [3.8, 4) is 0 Å². The van der Waals surface area contributed by atoms with E-state index in [1.54, 1.807) is 43.5 Å². The number of sulfonamides is 1. The van der Waals surface area contributed by atoms with Crippen LogP contribution in [0.25, 0.3) is 0 Å². The number of benzene rings is 1. The fourth-order valence-electron chi connectivity index (χ4n) is 1.92. The maximum absolute atomic E-state index is 12.3. The SMILES string of the molecule is CC(Cc1ccco1)NS(=O)(=O)c1ccccc1NN. The Kier molecular flexibility index (Phi) is 4.43. The van der Waals surface area contributed by atoms with Gasteiger partial charge in [-0.3, -0.25) is 5.84 Å². The summed E-state index contributed by atoms with van der Waals surface area (Å²) in [6.45, 7) is 1.78. The van der Waals surface area contributed by atoms with Crippen molar-refractivity contribution in [2.45, 2.75) is 24.3 Å². The second-order valence-corrected chi connectivity index (χ2v) is 6.13. The van der Waals surface area contributed by atoms with Gasteiger partial charge in [-0.25, -0.2) is 13.1 Å². The van der Waals surface area contributed by atoms with Crippen LogP contribution in [0.1, 0.15) is 12.7 Å². The fourth-order valence-corrected chi connectivity index (χ4v) is 3.33. The number of furan rings is 1. The molecular weight excluding hydrogens is 278 g/mol. The van der Waals surface area contributed by atoms with Crippen LogP contribution in [0.4, 0.5) is 5.69 Å². The molecule has 1 aromatic heterocycles. The highest BCUT2D eigenvalue weighted by Crippen LogP contribution is 2.20. The van der Waals surface area contributed by atoms with Crippen LogP contribution in [-0.4, -0.2) is 14.5 Å². The van der Waals surface area contributed by atoms with Crippen LogP contribution in [0, 0.1) is 0 Å². The molecule has 7 heteroatoms. The van der Waals surface area contributed by atoms with Gasteiger partial charge in [-0.15, -0.1) is 0 Å². The van der Waals surface area contributed by atoms with E-state index in [1.807, 2.05) is 0 Å². The lowest BCUT2D eigenvalue weighted by atomic mass is 10.2. The molecule has 4 N–H and O–H groups in total. The van der Waals surface area contributed by atoms with E-state index in [9.17, 15) is 8.42 Å². The van der Waals surface area contributed by atoms with Gasteiger partial charge in [-0.1, -0.05) is 12.1 Å². The first-order valence-electron chi connectivity index (χ1n) is 6.13. The maximum Gasteiger partial charge on any atom is 0.242 e. The monoisotopic (exact) mass is 295 g/mol. The highest BCUT2D eigenvalue weighted by molar-refractivity contribution is 7.89. The van der Waals surface area contributed by atoms with Crippen molar-refractivity contribution >= 4 is 15.7 Å². The van der Waals surface area contributed by atoms with Crippen LogP contribution in [-0.2, 0) is 16.4 Å². The minimum absolute atomic E-state index is 0.119. The molecular formula is C13H17N3O3S. The van der Waals surface area contributed by atoms with E-state index in [0.29, 0.717) is 12.1 Å². The highest BCUT2D eigenvalue weighted by Gasteiger charge is 2.20. The van der Waals surface area contributed by atoms with E-state index >= 15 is 0 Å². The van der Waals surface area contributed by atoms with Gasteiger partial charge < -0.3 is 9.84 Å². The Morgan fingerprint density at radius 1 is 1.25 bits per heavy atom. The number of nitrogens with one attached hydrogen (secondary N) is 2. The van der Waals surface area contributed by atoms with E-state index in [2.05, 4.69) is 10.1 Å². The Balaban J connectivity index is 2.14. The van der Waals surface area contributed by atoms with Crippen molar-refractivity contribution in [2.75, 3.05) is 5.43 Å². The average molecular weight is 295 g/mol. The van der Waals surface area contributed by atoms with Crippen molar-refractivity contribution in [1.29, 1.82) is 0 Å². The number of hydrogen-bond donors (Lipinski definition) is 3. The molecule has 6 nitrogen and oxygen atoms in total. The summed E-state index contributed by atoms with van der Waals surface area (Å²) >= 11 is 0. The van der Waals surface area contributed by atoms with Crippen LogP contribution in [0.3, 0.4) is 0 Å². The molecule has 0 saturated heterocycles. The third-order valence-corrected chi connectivity index (χ3v) is 4.42. The predicted molar refractivity (Wildman–Crippen MR) is 76.4 cm³/mol. The summed E-state index contributed by atoms with van der Waals surface area (Å²) in [4.78, 5) is 0.119. The fraction of sp³-hybridized carbons (Fsp3) is 0.231. The molecule has 0 aliphatic rings. The Bertz CT molecular complexity index is 653. The van der Waals surface area contributed by atoms with Crippen LogP contribution >= 0.6 is 0 Å². The molecule has 0 bridgehead atoms. The van der Waals surface area contributed by atoms with Gasteiger partial charge in [-0.05, 0) is 31.2 Å². The third-order valence-electron chi connectivity index (χ3n) is 2.78. The quantitative estimate of drug-likeness (QED) is 0.554. The smallest absolute Gasteiger partial charge is 0.242 e. The van der Waals surface area contributed by atoms with Gasteiger partial charge in [0.15, 0.2) is 0 Å². The van der Waals surface area contributed by atoms with Crippen molar-refractivity contribution < 1.29 is 12.8 Å². The highest BCUT2D eigenvalue weighted by atomic mass is 32.2. The first-order chi connectivity index (χ1) is 9.53. The van der Waals surface area contributed by atoms with Crippen LogP contribution < -0.4 is 16.0 Å². The molecule has 2 aromatic rings. The summed E-state index contributed by atoms with van der Waals surface area (Å²) < 4.78 is 32.4. The largest absolute Gasteiger partial charge is 0.469 e. The number of para-hydroxylation sites is 1. The molecule has 1 atom stereocenters. The number of nitrogens with two attached hydrogens (primary N) is 1. The Morgan fingerprint density at radius 3 is 2.65 bits per heavy atom. The standard InChI is InChI=1S/C13H17N3O3S/c1-10(9-11-5-4-8-19-11)16-20(17,18)13-7-3-2-6-12(13)15-14/h2-8,10,15-16H,9,14H2,1H3. The summed E-state index contributed by atoms with van der Waals surface area (Å²) in [6, 6.07) is 9.73. The normalized spacial score (nSPS) is 13.1. The lowest BCUT2D eigenvalue weighted by molar-refractivity contribution is 0.479.